The topological polar surface area (TPSA) is 85.4 Å². The molecule has 0 aromatic heterocycles. The fraction of sp³-hybridized carbons (Fsp3) is 0.192. The van der Waals surface area contributed by atoms with E-state index >= 15 is 0 Å². The van der Waals surface area contributed by atoms with Gasteiger partial charge in [0.2, 0.25) is 5.60 Å². The van der Waals surface area contributed by atoms with E-state index in [4.69, 9.17) is 14.2 Å². The van der Waals surface area contributed by atoms with E-state index < -0.39 is 29.7 Å². The standard InChI is InChI=1S/C26H21BrN2O6/c1-4-13-28-19-11-10-16(27)14-17(19)26(25(28)32)21(23(30)33-2)22(24(31)34-3)29-18-8-6-5-7-15(18)9-12-20(29)35-26/h4-12,14,20H,1,13H2,2-3H3/t20-,26+/m0/s1. The second kappa shape index (κ2) is 8.51. The van der Waals surface area contributed by atoms with Crippen LogP contribution in [0.25, 0.3) is 6.08 Å². The van der Waals surface area contributed by atoms with Gasteiger partial charge in [-0.05, 0) is 35.9 Å². The molecule has 0 unspecified atom stereocenters. The fourth-order valence-corrected chi connectivity index (χ4v) is 5.23. The molecule has 0 saturated carbocycles. The molecule has 1 spiro atoms. The van der Waals surface area contributed by atoms with Crippen LogP contribution in [0.5, 0.6) is 0 Å². The Balaban J connectivity index is 1.90. The summed E-state index contributed by atoms with van der Waals surface area (Å²) in [5.74, 6) is -2.20. The second-order valence-corrected chi connectivity index (χ2v) is 8.97. The predicted molar refractivity (Wildman–Crippen MR) is 132 cm³/mol. The smallest absolute Gasteiger partial charge is 0.355 e. The number of benzene rings is 2. The SMILES string of the molecule is C=CCN1C(=O)[C@@]2(O[C@H]3C=Cc4ccccc4N3C(C(=O)OC)=C2C(=O)OC)c2cc(Br)ccc21. The number of carbonyl (C=O) groups is 3. The van der Waals surface area contributed by atoms with Crippen LogP contribution in [0.3, 0.4) is 0 Å². The van der Waals surface area contributed by atoms with Crippen molar-refractivity contribution < 1.29 is 28.6 Å². The van der Waals surface area contributed by atoms with Crippen molar-refractivity contribution in [2.24, 2.45) is 0 Å². The summed E-state index contributed by atoms with van der Waals surface area (Å²) in [6.07, 6.45) is 4.29. The molecule has 3 heterocycles. The van der Waals surface area contributed by atoms with Crippen LogP contribution in [0.4, 0.5) is 11.4 Å². The lowest BCUT2D eigenvalue weighted by Gasteiger charge is -2.46. The van der Waals surface area contributed by atoms with E-state index in [0.29, 0.717) is 21.4 Å². The van der Waals surface area contributed by atoms with E-state index in [2.05, 4.69) is 22.5 Å². The Bertz CT molecular complexity index is 1350. The third-order valence-electron chi connectivity index (χ3n) is 6.27. The molecule has 35 heavy (non-hydrogen) atoms. The van der Waals surface area contributed by atoms with Crippen molar-refractivity contribution in [2.45, 2.75) is 11.8 Å². The molecule has 2 aromatic rings. The van der Waals surface area contributed by atoms with E-state index in [0.717, 1.165) is 5.56 Å². The summed E-state index contributed by atoms with van der Waals surface area (Å²) in [5, 5.41) is 0. The highest BCUT2D eigenvalue weighted by molar-refractivity contribution is 9.10. The number of ether oxygens (including phenoxy) is 3. The Kier molecular flexibility index (Phi) is 5.61. The Hall–Kier alpha value is -3.69. The third kappa shape index (κ3) is 3.19. The largest absolute Gasteiger partial charge is 0.465 e. The first-order valence-electron chi connectivity index (χ1n) is 10.8. The lowest BCUT2D eigenvalue weighted by molar-refractivity contribution is -0.156. The molecule has 5 rings (SSSR count). The summed E-state index contributed by atoms with van der Waals surface area (Å²) in [6, 6.07) is 12.6. The third-order valence-corrected chi connectivity index (χ3v) is 6.77. The van der Waals surface area contributed by atoms with Gasteiger partial charge >= 0.3 is 11.9 Å². The zero-order valence-corrected chi connectivity index (χ0v) is 20.6. The molecular weight excluding hydrogens is 516 g/mol. The van der Waals surface area contributed by atoms with Gasteiger partial charge in [-0.1, -0.05) is 46.3 Å². The fourth-order valence-electron chi connectivity index (χ4n) is 4.87. The normalized spacial score (nSPS) is 22.0. The minimum atomic E-state index is -1.95. The van der Waals surface area contributed by atoms with E-state index in [1.54, 1.807) is 41.3 Å². The first kappa shape index (κ1) is 23.1. The highest BCUT2D eigenvalue weighted by Gasteiger charge is 2.63. The van der Waals surface area contributed by atoms with E-state index in [9.17, 15) is 14.4 Å². The van der Waals surface area contributed by atoms with Crippen LogP contribution < -0.4 is 9.80 Å². The lowest BCUT2D eigenvalue weighted by Crippen LogP contribution is -2.58. The number of anilines is 2. The Morgan fingerprint density at radius 3 is 2.60 bits per heavy atom. The van der Waals surface area contributed by atoms with E-state index in [1.165, 1.54) is 19.1 Å². The van der Waals surface area contributed by atoms with Gasteiger partial charge in [0.15, 0.2) is 6.23 Å². The molecule has 178 valence electrons. The number of hydrogen-bond acceptors (Lipinski definition) is 7. The van der Waals surface area contributed by atoms with Crippen LogP contribution in [0.2, 0.25) is 0 Å². The summed E-state index contributed by atoms with van der Waals surface area (Å²) < 4.78 is 17.5. The van der Waals surface area contributed by atoms with Gasteiger partial charge in [0.05, 0.1) is 25.6 Å². The van der Waals surface area contributed by atoms with Gasteiger partial charge in [-0.15, -0.1) is 6.58 Å². The number of hydrogen-bond donors (Lipinski definition) is 0. The number of halogens is 1. The van der Waals surface area contributed by atoms with Crippen molar-refractivity contribution >= 4 is 51.2 Å². The maximum atomic E-state index is 14.1. The molecule has 0 fully saturated rings. The van der Waals surface area contributed by atoms with Crippen molar-refractivity contribution in [3.8, 4) is 0 Å². The van der Waals surface area contributed by atoms with Crippen molar-refractivity contribution in [2.75, 3.05) is 30.6 Å². The number of rotatable bonds is 4. The predicted octanol–water partition coefficient (Wildman–Crippen LogP) is 3.67. The molecule has 0 bridgehead atoms. The summed E-state index contributed by atoms with van der Waals surface area (Å²) in [5.41, 5.74) is 0.0694. The molecule has 9 heteroatoms. The van der Waals surface area contributed by atoms with Gasteiger partial charge in [-0.3, -0.25) is 4.79 Å². The van der Waals surface area contributed by atoms with Crippen molar-refractivity contribution in [3.63, 3.8) is 0 Å². The average molecular weight is 537 g/mol. The summed E-state index contributed by atoms with van der Waals surface area (Å²) in [6.45, 7) is 3.93. The van der Waals surface area contributed by atoms with E-state index in [-0.39, 0.29) is 17.8 Å². The van der Waals surface area contributed by atoms with E-state index in [1.807, 2.05) is 24.3 Å². The van der Waals surface area contributed by atoms with Gasteiger partial charge in [0.1, 0.15) is 11.3 Å². The number of carbonyl (C=O) groups excluding carboxylic acids is 3. The van der Waals surface area contributed by atoms with Gasteiger partial charge in [0, 0.05) is 16.6 Å². The maximum absolute atomic E-state index is 14.1. The molecule has 2 aromatic carbocycles. The number of amides is 1. The van der Waals surface area contributed by atoms with Crippen LogP contribution in [0.1, 0.15) is 11.1 Å². The second-order valence-electron chi connectivity index (χ2n) is 8.05. The van der Waals surface area contributed by atoms with Gasteiger partial charge in [-0.25, -0.2) is 9.59 Å². The monoisotopic (exact) mass is 536 g/mol. The molecular formula is C26H21BrN2O6. The molecule has 3 aliphatic rings. The number of fused-ring (bicyclic) bond motifs is 5. The molecule has 0 aliphatic carbocycles. The number of para-hydroxylation sites is 1. The highest BCUT2D eigenvalue weighted by Crippen LogP contribution is 2.54. The first-order valence-corrected chi connectivity index (χ1v) is 11.6. The zero-order chi connectivity index (χ0) is 24.9. The van der Waals surface area contributed by atoms with Crippen molar-refractivity contribution in [1.82, 2.24) is 0 Å². The zero-order valence-electron chi connectivity index (χ0n) is 19.0. The molecule has 8 nitrogen and oxygen atoms in total. The summed E-state index contributed by atoms with van der Waals surface area (Å²) in [7, 11) is 2.41. The molecule has 0 saturated heterocycles. The summed E-state index contributed by atoms with van der Waals surface area (Å²) >= 11 is 3.46. The van der Waals surface area contributed by atoms with Gasteiger partial charge in [-0.2, -0.15) is 0 Å². The maximum Gasteiger partial charge on any atom is 0.355 e. The van der Waals surface area contributed by atoms with Crippen LogP contribution in [0.15, 0.2) is 76.9 Å². The summed E-state index contributed by atoms with van der Waals surface area (Å²) in [4.78, 5) is 44.0. The minimum Gasteiger partial charge on any atom is -0.465 e. The Labute approximate surface area is 210 Å². The van der Waals surface area contributed by atoms with Gasteiger partial charge < -0.3 is 24.0 Å². The molecule has 0 radical (unpaired) electrons. The molecule has 1 amide bonds. The Morgan fingerprint density at radius 1 is 1.14 bits per heavy atom. The highest BCUT2D eigenvalue weighted by atomic mass is 79.9. The minimum absolute atomic E-state index is 0.118. The van der Waals surface area contributed by atoms with Gasteiger partial charge in [0.25, 0.3) is 5.91 Å². The van der Waals surface area contributed by atoms with Crippen LogP contribution in [-0.2, 0) is 34.2 Å². The Morgan fingerprint density at radius 2 is 1.89 bits per heavy atom. The average Bonchev–Trinajstić information content (AvgIpc) is 3.09. The van der Waals surface area contributed by atoms with Crippen LogP contribution >= 0.6 is 15.9 Å². The van der Waals surface area contributed by atoms with Crippen LogP contribution in [-0.4, -0.2) is 44.8 Å². The van der Waals surface area contributed by atoms with Crippen LogP contribution in [0, 0.1) is 0 Å². The molecule has 2 atom stereocenters. The number of methoxy groups -OCH3 is 2. The molecule has 0 N–H and O–H groups in total. The van der Waals surface area contributed by atoms with Crippen molar-refractivity contribution in [1.29, 1.82) is 0 Å². The lowest BCUT2D eigenvalue weighted by atomic mass is 9.82. The molecule has 3 aliphatic heterocycles. The quantitative estimate of drug-likeness (QED) is 0.435. The first-order chi connectivity index (χ1) is 16.9. The number of esters is 2. The number of nitrogens with zero attached hydrogens (tertiary/aromatic N) is 2. The van der Waals surface area contributed by atoms with Crippen molar-refractivity contribution in [3.05, 3.63) is 88.1 Å².